The zero-order valence-corrected chi connectivity index (χ0v) is 21.3. The van der Waals surface area contributed by atoms with Crippen molar-refractivity contribution in [3.63, 3.8) is 0 Å². The third-order valence-electron chi connectivity index (χ3n) is 6.78. The predicted molar refractivity (Wildman–Crippen MR) is 145 cm³/mol. The monoisotopic (exact) mass is 514 g/mol. The van der Waals surface area contributed by atoms with Crippen LogP contribution in [0.25, 0.3) is 45.0 Å². The van der Waals surface area contributed by atoms with Crippen LogP contribution in [0.2, 0.25) is 5.02 Å². The van der Waals surface area contributed by atoms with Crippen LogP contribution in [0, 0.1) is 0 Å². The van der Waals surface area contributed by atoms with Gasteiger partial charge in [0.25, 0.3) is 5.91 Å². The van der Waals surface area contributed by atoms with Gasteiger partial charge in [-0.3, -0.25) is 4.79 Å². The maximum Gasteiger partial charge on any atom is 0.251 e. The predicted octanol–water partition coefficient (Wildman–Crippen LogP) is 6.66. The normalized spacial score (nSPS) is 14.4. The molecule has 1 saturated heterocycles. The number of amides is 1. The Balaban J connectivity index is 1.42. The molecule has 0 spiro atoms. The van der Waals surface area contributed by atoms with Crippen LogP contribution < -0.4 is 5.32 Å². The van der Waals surface area contributed by atoms with E-state index < -0.39 is 0 Å². The minimum absolute atomic E-state index is 0.0596. The molecule has 1 amide bonds. The molecular formula is C29H27ClN4O3. The third-order valence-corrected chi connectivity index (χ3v) is 7.02. The molecule has 0 bridgehead atoms. The van der Waals surface area contributed by atoms with E-state index in [1.54, 1.807) is 12.1 Å². The average Bonchev–Trinajstić information content (AvgIpc) is 3.53. The first-order valence-corrected chi connectivity index (χ1v) is 13.0. The molecule has 3 heterocycles. The first-order chi connectivity index (χ1) is 18.1. The molecule has 8 heteroatoms. The second-order valence-corrected chi connectivity index (χ2v) is 9.75. The average molecular weight is 515 g/mol. The number of oxazole rings is 1. The first kappa shape index (κ1) is 23.7. The molecule has 1 aliphatic rings. The van der Waals surface area contributed by atoms with E-state index in [1.807, 2.05) is 49.4 Å². The number of carbonyl (C=O) groups is 1. The van der Waals surface area contributed by atoms with Crippen molar-refractivity contribution in [3.05, 3.63) is 71.2 Å². The molecule has 1 aliphatic heterocycles. The van der Waals surface area contributed by atoms with Gasteiger partial charge in [0.1, 0.15) is 11.3 Å². The lowest BCUT2D eigenvalue weighted by atomic mass is 10.1. The second kappa shape index (κ2) is 10.00. The highest BCUT2D eigenvalue weighted by molar-refractivity contribution is 6.31. The molecule has 2 aromatic heterocycles. The topological polar surface area (TPSA) is 82.2 Å². The molecule has 6 rings (SSSR count). The smallest absolute Gasteiger partial charge is 0.251 e. The van der Waals surface area contributed by atoms with Gasteiger partial charge in [-0.2, -0.15) is 0 Å². The highest BCUT2D eigenvalue weighted by atomic mass is 35.5. The van der Waals surface area contributed by atoms with E-state index in [-0.39, 0.29) is 11.9 Å². The minimum Gasteiger partial charge on any atom is -0.436 e. The van der Waals surface area contributed by atoms with Crippen molar-refractivity contribution >= 4 is 39.6 Å². The number of halogens is 1. The fraction of sp³-hybridized carbons (Fsp3) is 0.276. The largest absolute Gasteiger partial charge is 0.436 e. The van der Waals surface area contributed by atoms with Crippen LogP contribution in [0.5, 0.6) is 0 Å². The summed E-state index contributed by atoms with van der Waals surface area (Å²) < 4.78 is 14.0. The van der Waals surface area contributed by atoms with E-state index in [0.29, 0.717) is 28.6 Å². The molecule has 5 aromatic rings. The van der Waals surface area contributed by atoms with Crippen LogP contribution in [-0.2, 0) is 4.74 Å². The van der Waals surface area contributed by atoms with Gasteiger partial charge in [-0.25, -0.2) is 9.97 Å². The molecule has 1 fully saturated rings. The van der Waals surface area contributed by atoms with Crippen LogP contribution in [0.3, 0.4) is 0 Å². The van der Waals surface area contributed by atoms with Gasteiger partial charge >= 0.3 is 0 Å². The summed E-state index contributed by atoms with van der Waals surface area (Å²) in [6.45, 7) is 4.15. The summed E-state index contributed by atoms with van der Waals surface area (Å²) in [5, 5.41) is 3.55. The number of nitrogens with zero attached hydrogens (tertiary/aromatic N) is 3. The van der Waals surface area contributed by atoms with Gasteiger partial charge in [-0.05, 0) is 67.8 Å². The molecule has 37 heavy (non-hydrogen) atoms. The zero-order chi connectivity index (χ0) is 25.4. The van der Waals surface area contributed by atoms with E-state index in [0.717, 1.165) is 66.0 Å². The second-order valence-electron chi connectivity index (χ2n) is 9.32. The van der Waals surface area contributed by atoms with Crippen LogP contribution in [0.4, 0.5) is 0 Å². The number of benzene rings is 3. The number of rotatable bonds is 6. The van der Waals surface area contributed by atoms with Crippen molar-refractivity contribution in [1.82, 2.24) is 19.9 Å². The molecule has 0 unspecified atom stereocenters. The Morgan fingerprint density at radius 3 is 2.57 bits per heavy atom. The lowest BCUT2D eigenvalue weighted by molar-refractivity contribution is 0.0710. The van der Waals surface area contributed by atoms with E-state index in [1.165, 1.54) is 0 Å². The van der Waals surface area contributed by atoms with Gasteiger partial charge in [0.2, 0.25) is 5.89 Å². The number of fused-ring (bicyclic) bond motifs is 2. The van der Waals surface area contributed by atoms with Crippen molar-refractivity contribution in [2.75, 3.05) is 19.8 Å². The molecule has 0 aliphatic carbocycles. The van der Waals surface area contributed by atoms with Crippen LogP contribution in [0.15, 0.2) is 65.1 Å². The van der Waals surface area contributed by atoms with Crippen LogP contribution in [-0.4, -0.2) is 40.2 Å². The van der Waals surface area contributed by atoms with E-state index in [2.05, 4.69) is 20.9 Å². The summed E-state index contributed by atoms with van der Waals surface area (Å²) in [7, 11) is 0. The van der Waals surface area contributed by atoms with Gasteiger partial charge in [-0.15, -0.1) is 0 Å². The molecule has 188 valence electrons. The minimum atomic E-state index is -0.0596. The Morgan fingerprint density at radius 1 is 1.00 bits per heavy atom. The van der Waals surface area contributed by atoms with E-state index in [4.69, 9.17) is 25.7 Å². The van der Waals surface area contributed by atoms with Gasteiger partial charge in [0.05, 0.1) is 11.0 Å². The summed E-state index contributed by atoms with van der Waals surface area (Å²) >= 11 is 6.13. The lowest BCUT2D eigenvalue weighted by Gasteiger charge is -2.26. The van der Waals surface area contributed by atoms with Gasteiger partial charge < -0.3 is 19.0 Å². The Hall–Kier alpha value is -3.68. The van der Waals surface area contributed by atoms with Crippen molar-refractivity contribution in [2.24, 2.45) is 0 Å². The highest BCUT2D eigenvalue weighted by Crippen LogP contribution is 2.35. The van der Waals surface area contributed by atoms with Gasteiger partial charge in [0, 0.05) is 47.5 Å². The van der Waals surface area contributed by atoms with Crippen molar-refractivity contribution < 1.29 is 13.9 Å². The lowest BCUT2D eigenvalue weighted by Crippen LogP contribution is -2.23. The summed E-state index contributed by atoms with van der Waals surface area (Å²) in [6, 6.07) is 19.5. The number of imidazole rings is 1. The number of nitrogens with one attached hydrogen (secondary N) is 1. The molecule has 7 nitrogen and oxygen atoms in total. The number of hydrogen-bond donors (Lipinski definition) is 1. The molecule has 0 saturated carbocycles. The third kappa shape index (κ3) is 4.61. The molecule has 3 aromatic carbocycles. The summed E-state index contributed by atoms with van der Waals surface area (Å²) in [5.74, 6) is 1.35. The standard InChI is InChI=1S/C29H27ClN4O3/c1-2-13-31-28(35)19-5-3-18(4-6-19)27-32-23-16-20(29-33-24-17-21(30)8-10-26(24)37-29)7-9-25(23)34(27)22-11-14-36-15-12-22/h3-10,16-17,22H,2,11-15H2,1H3,(H,31,35). The van der Waals surface area contributed by atoms with Crippen molar-refractivity contribution in [2.45, 2.75) is 32.2 Å². The Labute approximate surface area is 219 Å². The van der Waals surface area contributed by atoms with Crippen molar-refractivity contribution in [1.29, 1.82) is 0 Å². The SMILES string of the molecule is CCCNC(=O)c1ccc(-c2nc3cc(-c4nc5cc(Cl)ccc5o4)ccc3n2C2CCOCC2)cc1. The Kier molecular flexibility index (Phi) is 6.40. The molecule has 0 atom stereocenters. The van der Waals surface area contributed by atoms with Crippen LogP contribution >= 0.6 is 11.6 Å². The number of ether oxygens (including phenoxy) is 1. The summed E-state index contributed by atoms with van der Waals surface area (Å²) in [6.07, 6.45) is 2.74. The number of aromatic nitrogens is 3. The molecular weight excluding hydrogens is 488 g/mol. The van der Waals surface area contributed by atoms with E-state index in [9.17, 15) is 4.79 Å². The maximum atomic E-state index is 12.4. The fourth-order valence-electron chi connectivity index (χ4n) is 4.88. The van der Waals surface area contributed by atoms with Gasteiger partial charge in [0.15, 0.2) is 5.58 Å². The van der Waals surface area contributed by atoms with Gasteiger partial charge in [-0.1, -0.05) is 30.7 Å². The fourth-order valence-corrected chi connectivity index (χ4v) is 5.05. The zero-order valence-electron chi connectivity index (χ0n) is 20.5. The summed E-state index contributed by atoms with van der Waals surface area (Å²) in [4.78, 5) is 22.1. The first-order valence-electron chi connectivity index (χ1n) is 12.7. The Bertz CT molecular complexity index is 1580. The van der Waals surface area contributed by atoms with Crippen LogP contribution in [0.1, 0.15) is 42.6 Å². The Morgan fingerprint density at radius 2 is 1.78 bits per heavy atom. The molecule has 0 radical (unpaired) electrons. The number of carbonyl (C=O) groups excluding carboxylic acids is 1. The summed E-state index contributed by atoms with van der Waals surface area (Å²) in [5.41, 5.74) is 5.79. The highest BCUT2D eigenvalue weighted by Gasteiger charge is 2.23. The quantitative estimate of drug-likeness (QED) is 0.274. The maximum absolute atomic E-state index is 12.4. The van der Waals surface area contributed by atoms with Crippen molar-refractivity contribution in [3.8, 4) is 22.8 Å². The van der Waals surface area contributed by atoms with E-state index >= 15 is 0 Å². The molecule has 1 N–H and O–H groups in total. The number of hydrogen-bond acceptors (Lipinski definition) is 5.